The number of hydrogen-bond donors (Lipinski definition) is 1. The molecule has 2 aromatic rings. The highest BCUT2D eigenvalue weighted by molar-refractivity contribution is 7.61. The molecule has 3 rings (SSSR count). The number of anilines is 1. The molecule has 0 aliphatic carbocycles. The van der Waals surface area contributed by atoms with E-state index in [1.807, 2.05) is 47.5 Å². The highest BCUT2D eigenvalue weighted by Crippen LogP contribution is 2.35. The normalized spacial score (nSPS) is 16.2. The van der Waals surface area contributed by atoms with Gasteiger partial charge in [-0.2, -0.15) is 5.10 Å². The molecule has 1 unspecified atom stereocenters. The number of nitrogens with zero attached hydrogens (tertiary/aromatic N) is 3. The highest BCUT2D eigenvalue weighted by Gasteiger charge is 2.34. The van der Waals surface area contributed by atoms with Gasteiger partial charge in [-0.15, -0.1) is 8.42 Å². The second kappa shape index (κ2) is 7.53. The Balaban J connectivity index is 2.08. The fraction of sp³-hybridized carbons (Fsp3) is 0.176. The van der Waals surface area contributed by atoms with Gasteiger partial charge in [0.15, 0.2) is 5.71 Å². The van der Waals surface area contributed by atoms with Crippen molar-refractivity contribution in [1.82, 2.24) is 9.36 Å². The lowest BCUT2D eigenvalue weighted by Gasteiger charge is -2.23. The smallest absolute Gasteiger partial charge is 0.260 e. The van der Waals surface area contributed by atoms with Crippen molar-refractivity contribution in [1.29, 1.82) is 0 Å². The topological polar surface area (TPSA) is 75.9 Å². The van der Waals surface area contributed by atoms with Gasteiger partial charge in [-0.25, -0.2) is 0 Å². The molecule has 0 spiro atoms. The third-order valence-electron chi connectivity index (χ3n) is 3.86. The lowest BCUT2D eigenvalue weighted by Crippen LogP contribution is -2.29. The molecule has 0 radical (unpaired) electrons. The minimum Gasteiger partial charge on any atom is -0.260 e. The third kappa shape index (κ3) is 3.91. The van der Waals surface area contributed by atoms with Gasteiger partial charge in [0, 0.05) is 11.4 Å². The van der Waals surface area contributed by atoms with Crippen molar-refractivity contribution in [3.05, 3.63) is 65.2 Å². The zero-order valence-electron chi connectivity index (χ0n) is 13.4. The average molecular weight is 376 g/mol. The standard InChI is InChI=1S/C17H15ClN4O2S/c1-19-17(21-25(23)24)15-11-16(12-5-3-2-4-6-12)22(20-15)14-9-7-13(18)8-10-14/h2-10,16H,11H2,1H3/p+1. The molecular weight excluding hydrogens is 360 g/mol. The van der Waals surface area contributed by atoms with E-state index in [1.54, 1.807) is 19.2 Å². The average Bonchev–Trinajstić information content (AvgIpc) is 3.06. The molecule has 0 bridgehead atoms. The Morgan fingerprint density at radius 2 is 1.88 bits per heavy atom. The van der Waals surface area contributed by atoms with E-state index in [2.05, 4.69) is 14.5 Å². The summed E-state index contributed by atoms with van der Waals surface area (Å²) in [5.41, 5.74) is 2.53. The van der Waals surface area contributed by atoms with E-state index < -0.39 is 10.5 Å². The van der Waals surface area contributed by atoms with Crippen LogP contribution in [0, 0.1) is 0 Å². The van der Waals surface area contributed by atoms with E-state index in [0.717, 1.165) is 11.3 Å². The number of benzene rings is 2. The summed E-state index contributed by atoms with van der Waals surface area (Å²) in [5, 5.41) is 9.92. The van der Waals surface area contributed by atoms with E-state index in [9.17, 15) is 8.42 Å². The van der Waals surface area contributed by atoms with Gasteiger partial charge in [-0.3, -0.25) is 10.3 Å². The Hall–Kier alpha value is -2.60. The maximum absolute atomic E-state index is 11.0. The zero-order chi connectivity index (χ0) is 17.8. The Labute approximate surface area is 152 Å². The van der Waals surface area contributed by atoms with Crippen molar-refractivity contribution in [3.8, 4) is 0 Å². The third-order valence-corrected chi connectivity index (χ3v) is 4.45. The van der Waals surface area contributed by atoms with Crippen LogP contribution in [0.3, 0.4) is 0 Å². The van der Waals surface area contributed by atoms with Gasteiger partial charge in [-0.1, -0.05) is 46.0 Å². The van der Waals surface area contributed by atoms with Crippen LogP contribution in [0.15, 0.2) is 59.7 Å². The molecular formula is C17H16ClN4O2S+. The number of amidine groups is 1. The largest absolute Gasteiger partial charge is 0.480 e. The molecule has 2 aromatic carbocycles. The van der Waals surface area contributed by atoms with Crippen LogP contribution in [0.2, 0.25) is 5.02 Å². The second-order valence-corrected chi connectivity index (χ2v) is 6.46. The summed E-state index contributed by atoms with van der Waals surface area (Å²) in [6.07, 6.45) is 0.531. The second-order valence-electron chi connectivity index (χ2n) is 5.41. The van der Waals surface area contributed by atoms with E-state index in [1.165, 1.54) is 0 Å². The Morgan fingerprint density at radius 3 is 2.48 bits per heavy atom. The van der Waals surface area contributed by atoms with Gasteiger partial charge in [-0.05, 0) is 29.8 Å². The minimum atomic E-state index is -2.55. The monoisotopic (exact) mass is 375 g/mol. The maximum Gasteiger partial charge on any atom is 0.480 e. The molecule has 1 aliphatic heterocycles. The van der Waals surface area contributed by atoms with Crippen LogP contribution in [-0.2, 0) is 10.5 Å². The first-order chi connectivity index (χ1) is 12.1. The number of hydrazone groups is 1. The Kier molecular flexibility index (Phi) is 5.19. The summed E-state index contributed by atoms with van der Waals surface area (Å²) < 4.78 is 25.5. The lowest BCUT2D eigenvalue weighted by molar-refractivity contribution is 0.622. The van der Waals surface area contributed by atoms with Crippen molar-refractivity contribution in [3.63, 3.8) is 0 Å². The Morgan fingerprint density at radius 1 is 1.20 bits per heavy atom. The molecule has 1 N–H and O–H groups in total. The summed E-state index contributed by atoms with van der Waals surface area (Å²) in [7, 11) is -0.926. The van der Waals surface area contributed by atoms with Gasteiger partial charge >= 0.3 is 16.3 Å². The molecule has 0 saturated heterocycles. The summed E-state index contributed by atoms with van der Waals surface area (Å²) in [6.45, 7) is 0. The summed E-state index contributed by atoms with van der Waals surface area (Å²) in [4.78, 5) is 0. The molecule has 0 fully saturated rings. The first-order valence-electron chi connectivity index (χ1n) is 7.62. The molecule has 6 nitrogen and oxygen atoms in total. The molecule has 128 valence electrons. The first kappa shape index (κ1) is 17.2. The molecule has 0 aromatic heterocycles. The summed E-state index contributed by atoms with van der Waals surface area (Å²) in [5.74, 6) is 0.241. The number of nitrogens with one attached hydrogen (secondary N) is 1. The number of rotatable bonds is 3. The van der Waals surface area contributed by atoms with Crippen LogP contribution in [-0.4, -0.2) is 27.0 Å². The fourth-order valence-corrected chi connectivity index (χ4v) is 3.21. The summed E-state index contributed by atoms with van der Waals surface area (Å²) >= 11 is 5.98. The van der Waals surface area contributed by atoms with Crippen molar-refractivity contribution in [2.24, 2.45) is 5.10 Å². The molecule has 1 heterocycles. The molecule has 1 aliphatic rings. The van der Waals surface area contributed by atoms with E-state index in [-0.39, 0.29) is 11.9 Å². The van der Waals surface area contributed by atoms with Crippen LogP contribution in [0.1, 0.15) is 18.0 Å². The van der Waals surface area contributed by atoms with Gasteiger partial charge in [0.1, 0.15) is 0 Å². The van der Waals surface area contributed by atoms with E-state index >= 15 is 0 Å². The van der Waals surface area contributed by atoms with Crippen molar-refractivity contribution in [2.45, 2.75) is 12.5 Å². The molecule has 0 amide bonds. The van der Waals surface area contributed by atoms with Crippen LogP contribution in [0.5, 0.6) is 0 Å². The quantitative estimate of drug-likeness (QED) is 0.507. The summed E-state index contributed by atoms with van der Waals surface area (Å²) in [6, 6.07) is 17.2. The van der Waals surface area contributed by atoms with E-state index in [0.29, 0.717) is 17.2 Å². The minimum absolute atomic E-state index is 0.0592. The molecule has 1 atom stereocenters. The number of hydrogen-bond acceptors (Lipinski definition) is 4. The van der Waals surface area contributed by atoms with Gasteiger partial charge < -0.3 is 0 Å². The number of halogens is 1. The zero-order valence-corrected chi connectivity index (χ0v) is 15.0. The SMILES string of the molecule is CNC(=[N+]=S(=O)=O)C1=NN(c2ccc(Cl)cc2)C(c2ccccc2)C1. The molecule has 8 heteroatoms. The van der Waals surface area contributed by atoms with Crippen LogP contribution < -0.4 is 14.4 Å². The van der Waals surface area contributed by atoms with Crippen molar-refractivity contribution >= 4 is 39.3 Å². The predicted octanol–water partition coefficient (Wildman–Crippen LogP) is 2.40. The predicted molar refractivity (Wildman–Crippen MR) is 100 cm³/mol. The van der Waals surface area contributed by atoms with Gasteiger partial charge in [0.05, 0.1) is 18.8 Å². The van der Waals surface area contributed by atoms with Crippen molar-refractivity contribution < 1.29 is 8.42 Å². The maximum atomic E-state index is 11.0. The first-order valence-corrected chi connectivity index (χ1v) is 9.03. The lowest BCUT2D eigenvalue weighted by atomic mass is 10.0. The van der Waals surface area contributed by atoms with Gasteiger partial charge in [0.25, 0.3) is 0 Å². The fourth-order valence-electron chi connectivity index (χ4n) is 2.74. The Bertz CT molecular complexity index is 957. The van der Waals surface area contributed by atoms with Crippen LogP contribution in [0.25, 0.3) is 0 Å². The molecule has 0 saturated carbocycles. The van der Waals surface area contributed by atoms with Crippen LogP contribution >= 0.6 is 11.6 Å². The van der Waals surface area contributed by atoms with Crippen LogP contribution in [0.4, 0.5) is 5.69 Å². The molecule has 25 heavy (non-hydrogen) atoms. The van der Waals surface area contributed by atoms with Crippen molar-refractivity contribution in [2.75, 3.05) is 12.1 Å². The highest BCUT2D eigenvalue weighted by atomic mass is 35.5. The van der Waals surface area contributed by atoms with E-state index in [4.69, 9.17) is 11.6 Å². The van der Waals surface area contributed by atoms with Gasteiger partial charge in [0.2, 0.25) is 0 Å².